The highest BCUT2D eigenvalue weighted by molar-refractivity contribution is 6.34. The van der Waals surface area contributed by atoms with Crippen molar-refractivity contribution in [2.24, 2.45) is 0 Å². The van der Waals surface area contributed by atoms with Gasteiger partial charge >= 0.3 is 0 Å². The van der Waals surface area contributed by atoms with Crippen molar-refractivity contribution in [3.8, 4) is 0 Å². The van der Waals surface area contributed by atoms with Gasteiger partial charge in [-0.05, 0) is 24.6 Å². The van der Waals surface area contributed by atoms with Gasteiger partial charge in [0.25, 0.3) is 11.6 Å². The van der Waals surface area contributed by atoms with Crippen LogP contribution in [0.25, 0.3) is 0 Å². The number of hydrogen-bond acceptors (Lipinski definition) is 4. The van der Waals surface area contributed by atoms with Gasteiger partial charge in [0.15, 0.2) is 0 Å². The minimum atomic E-state index is -0.596. The van der Waals surface area contributed by atoms with Gasteiger partial charge < -0.3 is 5.32 Å². The molecule has 1 aromatic carbocycles. The quantitative estimate of drug-likeness (QED) is 0.527. The van der Waals surface area contributed by atoms with E-state index < -0.39 is 10.8 Å². The highest BCUT2D eigenvalue weighted by atomic mass is 35.5. The van der Waals surface area contributed by atoms with E-state index in [1.165, 1.54) is 18.3 Å². The van der Waals surface area contributed by atoms with Crippen LogP contribution in [-0.4, -0.2) is 15.8 Å². The third-order valence-electron chi connectivity index (χ3n) is 2.68. The predicted molar refractivity (Wildman–Crippen MR) is 80.0 cm³/mol. The Bertz CT molecular complexity index is 735. The summed E-state index contributed by atoms with van der Waals surface area (Å²) in [7, 11) is 0. The lowest BCUT2D eigenvalue weighted by Crippen LogP contribution is -2.13. The second kappa shape index (κ2) is 6.07. The van der Waals surface area contributed by atoms with Crippen LogP contribution in [0, 0.1) is 17.0 Å². The number of hydrogen-bond donors (Lipinski definition) is 1. The lowest BCUT2D eigenvalue weighted by Gasteiger charge is -2.07. The lowest BCUT2D eigenvalue weighted by atomic mass is 10.2. The molecule has 0 saturated heterocycles. The summed E-state index contributed by atoms with van der Waals surface area (Å²) in [5.41, 5.74) is 0.914. The zero-order chi connectivity index (χ0) is 15.6. The molecule has 0 aliphatic heterocycles. The van der Waals surface area contributed by atoms with Crippen molar-refractivity contribution in [1.82, 2.24) is 4.98 Å². The number of nitrogens with zero attached hydrogens (tertiary/aromatic N) is 2. The highest BCUT2D eigenvalue weighted by Gasteiger charge is 2.16. The number of non-ortho nitro benzene ring substituents is 1. The van der Waals surface area contributed by atoms with Gasteiger partial charge in [-0.15, -0.1) is 0 Å². The van der Waals surface area contributed by atoms with Gasteiger partial charge in [0.2, 0.25) is 0 Å². The van der Waals surface area contributed by atoms with E-state index in [-0.39, 0.29) is 16.3 Å². The zero-order valence-corrected chi connectivity index (χ0v) is 12.3. The fourth-order valence-corrected chi connectivity index (χ4v) is 1.93. The smallest absolute Gasteiger partial charge is 0.270 e. The molecule has 0 aliphatic carbocycles. The van der Waals surface area contributed by atoms with Crippen LogP contribution >= 0.6 is 23.2 Å². The summed E-state index contributed by atoms with van der Waals surface area (Å²) in [5, 5.41) is 13.8. The van der Waals surface area contributed by atoms with Crippen LogP contribution in [0.1, 0.15) is 15.9 Å². The molecule has 8 heteroatoms. The van der Waals surface area contributed by atoms with Gasteiger partial charge in [0.1, 0.15) is 5.15 Å². The van der Waals surface area contributed by atoms with E-state index in [0.717, 1.165) is 6.07 Å². The molecule has 2 rings (SSSR count). The Kier molecular flexibility index (Phi) is 4.40. The fraction of sp³-hybridized carbons (Fsp3) is 0.0769. The van der Waals surface area contributed by atoms with Gasteiger partial charge in [-0.2, -0.15) is 0 Å². The SMILES string of the molecule is Cc1cc(NC(=O)c2cc([N+](=O)[O-])ccc2Cl)cnc1Cl. The molecule has 1 heterocycles. The van der Waals surface area contributed by atoms with Crippen LogP contribution in [0.5, 0.6) is 0 Å². The van der Waals surface area contributed by atoms with E-state index in [1.54, 1.807) is 13.0 Å². The Morgan fingerprint density at radius 3 is 2.67 bits per heavy atom. The predicted octanol–water partition coefficient (Wildman–Crippen LogP) is 3.86. The van der Waals surface area contributed by atoms with Gasteiger partial charge in [-0.3, -0.25) is 14.9 Å². The maximum atomic E-state index is 12.1. The minimum Gasteiger partial charge on any atom is -0.321 e. The molecule has 0 fully saturated rings. The number of carbonyl (C=O) groups excluding carboxylic acids is 1. The molecular formula is C13H9Cl2N3O3. The van der Waals surface area contributed by atoms with Crippen molar-refractivity contribution in [1.29, 1.82) is 0 Å². The number of anilines is 1. The second-order valence-electron chi connectivity index (χ2n) is 4.21. The Hall–Kier alpha value is -2.18. The van der Waals surface area contributed by atoms with Crippen LogP contribution < -0.4 is 5.32 Å². The molecule has 108 valence electrons. The van der Waals surface area contributed by atoms with Crippen molar-refractivity contribution in [3.63, 3.8) is 0 Å². The number of nitro benzene ring substituents is 1. The van der Waals surface area contributed by atoms with Gasteiger partial charge in [-0.1, -0.05) is 23.2 Å². The summed E-state index contributed by atoms with van der Waals surface area (Å²) in [6.07, 6.45) is 1.39. The van der Waals surface area contributed by atoms with Gasteiger partial charge in [0, 0.05) is 12.1 Å². The zero-order valence-electron chi connectivity index (χ0n) is 10.8. The standard InChI is InChI=1S/C13H9Cl2N3O3/c1-7-4-8(6-16-12(7)15)17-13(19)10-5-9(18(20)21)2-3-11(10)14/h2-6H,1H3,(H,17,19). The first-order chi connectivity index (χ1) is 9.88. The van der Waals surface area contributed by atoms with Crippen LogP contribution in [0.4, 0.5) is 11.4 Å². The van der Waals surface area contributed by atoms with Gasteiger partial charge in [0.05, 0.1) is 27.4 Å². The van der Waals surface area contributed by atoms with E-state index in [2.05, 4.69) is 10.3 Å². The molecule has 1 amide bonds. The molecule has 1 N–H and O–H groups in total. The summed E-state index contributed by atoms with van der Waals surface area (Å²) < 4.78 is 0. The number of nitrogens with one attached hydrogen (secondary N) is 1. The summed E-state index contributed by atoms with van der Waals surface area (Å²) in [5.74, 6) is -0.563. The highest BCUT2D eigenvalue weighted by Crippen LogP contribution is 2.23. The summed E-state index contributed by atoms with van der Waals surface area (Å²) >= 11 is 11.7. The van der Waals surface area contributed by atoms with Crippen molar-refractivity contribution < 1.29 is 9.72 Å². The first-order valence-corrected chi connectivity index (χ1v) is 6.51. The monoisotopic (exact) mass is 325 g/mol. The molecule has 0 saturated carbocycles. The largest absolute Gasteiger partial charge is 0.321 e. The van der Waals surface area contributed by atoms with Gasteiger partial charge in [-0.25, -0.2) is 4.98 Å². The van der Waals surface area contributed by atoms with Crippen LogP contribution in [0.2, 0.25) is 10.2 Å². The molecule has 0 atom stereocenters. The fourth-order valence-electron chi connectivity index (χ4n) is 1.63. The first kappa shape index (κ1) is 15.2. The van der Waals surface area contributed by atoms with Crippen LogP contribution in [0.15, 0.2) is 30.5 Å². The summed E-state index contributed by atoms with van der Waals surface area (Å²) in [4.78, 5) is 26.2. The van der Waals surface area contributed by atoms with Crippen molar-refractivity contribution in [2.75, 3.05) is 5.32 Å². The maximum Gasteiger partial charge on any atom is 0.270 e. The minimum absolute atomic E-state index is 0.0125. The van der Waals surface area contributed by atoms with E-state index in [9.17, 15) is 14.9 Å². The molecular weight excluding hydrogens is 317 g/mol. The van der Waals surface area contributed by atoms with E-state index in [4.69, 9.17) is 23.2 Å². The number of pyridine rings is 1. The summed E-state index contributed by atoms with van der Waals surface area (Å²) in [6.45, 7) is 1.74. The Labute approximate surface area is 129 Å². The number of amides is 1. The number of halogens is 2. The summed E-state index contributed by atoms with van der Waals surface area (Å²) in [6, 6.07) is 5.29. The van der Waals surface area contributed by atoms with E-state index >= 15 is 0 Å². The lowest BCUT2D eigenvalue weighted by molar-refractivity contribution is -0.384. The number of benzene rings is 1. The molecule has 0 radical (unpaired) electrons. The molecule has 0 bridgehead atoms. The Morgan fingerprint density at radius 1 is 1.33 bits per heavy atom. The molecule has 1 aromatic heterocycles. The van der Waals surface area contributed by atoms with Crippen molar-refractivity contribution in [2.45, 2.75) is 6.92 Å². The molecule has 0 aliphatic rings. The third-order valence-corrected chi connectivity index (χ3v) is 3.40. The first-order valence-electron chi connectivity index (χ1n) is 5.76. The number of aryl methyl sites for hydroxylation is 1. The molecule has 0 spiro atoms. The number of aromatic nitrogens is 1. The van der Waals surface area contributed by atoms with Crippen LogP contribution in [-0.2, 0) is 0 Å². The topological polar surface area (TPSA) is 85.1 Å². The number of carbonyl (C=O) groups is 1. The van der Waals surface area contributed by atoms with E-state index in [0.29, 0.717) is 16.4 Å². The molecule has 21 heavy (non-hydrogen) atoms. The van der Waals surface area contributed by atoms with Crippen LogP contribution in [0.3, 0.4) is 0 Å². The third kappa shape index (κ3) is 3.48. The molecule has 0 unspecified atom stereocenters. The van der Waals surface area contributed by atoms with Crippen molar-refractivity contribution >= 4 is 40.5 Å². The Morgan fingerprint density at radius 2 is 2.05 bits per heavy atom. The second-order valence-corrected chi connectivity index (χ2v) is 4.97. The Balaban J connectivity index is 2.29. The average molecular weight is 326 g/mol. The number of nitro groups is 1. The normalized spacial score (nSPS) is 10.2. The van der Waals surface area contributed by atoms with Crippen molar-refractivity contribution in [3.05, 3.63) is 61.9 Å². The average Bonchev–Trinajstić information content (AvgIpc) is 2.43. The number of rotatable bonds is 3. The maximum absolute atomic E-state index is 12.1. The molecule has 2 aromatic rings. The molecule has 6 nitrogen and oxygen atoms in total. The van der Waals surface area contributed by atoms with E-state index in [1.807, 2.05) is 0 Å².